The molecule has 6 nitrogen and oxygen atoms in total. The fourth-order valence-corrected chi connectivity index (χ4v) is 2.53. The molecule has 0 spiro atoms. The molecule has 2 heterocycles. The van der Waals surface area contributed by atoms with E-state index in [0.717, 1.165) is 19.3 Å². The number of carbonyl (C=O) groups excluding carboxylic acids is 1. The van der Waals surface area contributed by atoms with Crippen molar-refractivity contribution >= 4 is 5.91 Å². The van der Waals surface area contributed by atoms with Crippen LogP contribution in [0.3, 0.4) is 0 Å². The fourth-order valence-electron chi connectivity index (χ4n) is 2.53. The number of hydrogen-bond acceptors (Lipinski definition) is 4. The summed E-state index contributed by atoms with van der Waals surface area (Å²) < 4.78 is 7.37. The Kier molecular flexibility index (Phi) is 4.06. The second-order valence-electron chi connectivity index (χ2n) is 5.28. The Morgan fingerprint density at radius 3 is 2.95 bits per heavy atom. The predicted octanol–water partition coefficient (Wildman–Crippen LogP) is 1.51. The summed E-state index contributed by atoms with van der Waals surface area (Å²) >= 11 is 0. The summed E-state index contributed by atoms with van der Waals surface area (Å²) in [7, 11) is 0. The number of carbonyl (C=O) groups is 1. The molecular formula is C15H19N3O3. The minimum Gasteiger partial charge on any atom is -0.454 e. The van der Waals surface area contributed by atoms with Crippen molar-refractivity contribution < 1.29 is 14.3 Å². The van der Waals surface area contributed by atoms with Crippen LogP contribution in [0.4, 0.5) is 0 Å². The lowest BCUT2D eigenvalue weighted by Gasteiger charge is -2.36. The van der Waals surface area contributed by atoms with Crippen LogP contribution in [0.15, 0.2) is 35.0 Å². The summed E-state index contributed by atoms with van der Waals surface area (Å²) in [6.07, 6.45) is 6.70. The summed E-state index contributed by atoms with van der Waals surface area (Å²) in [4.78, 5) is 14.2. The Labute approximate surface area is 123 Å². The van der Waals surface area contributed by atoms with E-state index in [1.165, 1.54) is 0 Å². The van der Waals surface area contributed by atoms with Crippen molar-refractivity contribution in [1.29, 1.82) is 0 Å². The topological polar surface area (TPSA) is 71.5 Å². The molecule has 0 radical (unpaired) electrons. The van der Waals surface area contributed by atoms with E-state index in [1.54, 1.807) is 27.9 Å². The Morgan fingerprint density at radius 2 is 2.33 bits per heavy atom. The van der Waals surface area contributed by atoms with Gasteiger partial charge in [-0.25, -0.2) is 0 Å². The molecule has 6 heteroatoms. The molecule has 1 amide bonds. The smallest absolute Gasteiger partial charge is 0.289 e. The number of aliphatic hydroxyl groups excluding tert-OH is 1. The molecule has 3 rings (SSSR count). The van der Waals surface area contributed by atoms with Gasteiger partial charge in [-0.2, -0.15) is 5.10 Å². The van der Waals surface area contributed by atoms with Crippen molar-refractivity contribution in [2.45, 2.75) is 31.8 Å². The molecule has 0 atom stereocenters. The first-order valence-electron chi connectivity index (χ1n) is 7.26. The molecule has 21 heavy (non-hydrogen) atoms. The summed E-state index contributed by atoms with van der Waals surface area (Å²) in [5.41, 5.74) is 0. The fraction of sp³-hybridized carbons (Fsp3) is 0.467. The predicted molar refractivity (Wildman–Crippen MR) is 75.8 cm³/mol. The lowest BCUT2D eigenvalue weighted by atomic mass is 9.91. The molecule has 0 unspecified atom stereocenters. The number of aromatic nitrogens is 2. The number of aliphatic hydroxyl groups is 1. The standard InChI is InChI=1S/C15H19N3O3/c19-10-9-18(12-3-1-4-12)15(20)14-6-5-13(21-14)11-17-8-2-7-16-17/h2,5-8,12,19H,1,3-4,9-11H2. The second kappa shape index (κ2) is 6.13. The summed E-state index contributed by atoms with van der Waals surface area (Å²) in [5.74, 6) is 0.887. The first kappa shape index (κ1) is 13.9. The van der Waals surface area contributed by atoms with Gasteiger partial charge >= 0.3 is 0 Å². The maximum atomic E-state index is 12.5. The molecule has 0 saturated heterocycles. The van der Waals surface area contributed by atoms with Gasteiger partial charge in [-0.1, -0.05) is 0 Å². The van der Waals surface area contributed by atoms with Crippen molar-refractivity contribution in [2.24, 2.45) is 0 Å². The lowest BCUT2D eigenvalue weighted by molar-refractivity contribution is 0.0493. The van der Waals surface area contributed by atoms with Gasteiger partial charge in [-0.05, 0) is 37.5 Å². The van der Waals surface area contributed by atoms with E-state index >= 15 is 0 Å². The molecular weight excluding hydrogens is 270 g/mol. The zero-order chi connectivity index (χ0) is 14.7. The maximum absolute atomic E-state index is 12.5. The highest BCUT2D eigenvalue weighted by atomic mass is 16.4. The normalized spacial score (nSPS) is 14.9. The Bertz CT molecular complexity index is 587. The summed E-state index contributed by atoms with van der Waals surface area (Å²) in [5, 5.41) is 13.3. The Balaban J connectivity index is 1.70. The second-order valence-corrected chi connectivity index (χ2v) is 5.28. The number of rotatable bonds is 6. The van der Waals surface area contributed by atoms with Crippen LogP contribution >= 0.6 is 0 Å². The van der Waals surface area contributed by atoms with Crippen molar-refractivity contribution in [3.8, 4) is 0 Å². The highest BCUT2D eigenvalue weighted by molar-refractivity contribution is 5.91. The lowest BCUT2D eigenvalue weighted by Crippen LogP contribution is -2.45. The minimum atomic E-state index is -0.138. The first-order valence-corrected chi connectivity index (χ1v) is 7.26. The van der Waals surface area contributed by atoms with Crippen molar-refractivity contribution in [2.75, 3.05) is 13.2 Å². The van der Waals surface area contributed by atoms with Crippen LogP contribution in [-0.4, -0.2) is 44.9 Å². The monoisotopic (exact) mass is 289 g/mol. The highest BCUT2D eigenvalue weighted by Crippen LogP contribution is 2.26. The molecule has 1 aliphatic carbocycles. The average Bonchev–Trinajstić information content (AvgIpc) is 3.07. The van der Waals surface area contributed by atoms with Crippen molar-refractivity contribution in [3.05, 3.63) is 42.1 Å². The van der Waals surface area contributed by atoms with Crippen molar-refractivity contribution in [3.63, 3.8) is 0 Å². The van der Waals surface area contributed by atoms with E-state index in [4.69, 9.17) is 9.52 Å². The van der Waals surface area contributed by atoms with Crippen molar-refractivity contribution in [1.82, 2.24) is 14.7 Å². The number of nitrogens with zero attached hydrogens (tertiary/aromatic N) is 3. The van der Waals surface area contributed by atoms with Crippen LogP contribution in [0.25, 0.3) is 0 Å². The van der Waals surface area contributed by atoms with Gasteiger partial charge in [0.15, 0.2) is 5.76 Å². The molecule has 112 valence electrons. The quantitative estimate of drug-likeness (QED) is 0.875. The van der Waals surface area contributed by atoms with Gasteiger partial charge in [0.2, 0.25) is 0 Å². The molecule has 1 fully saturated rings. The third kappa shape index (κ3) is 3.00. The van der Waals surface area contributed by atoms with Crippen LogP contribution in [0.1, 0.15) is 35.6 Å². The van der Waals surface area contributed by atoms with Crippen LogP contribution < -0.4 is 0 Å². The van der Waals surface area contributed by atoms with E-state index in [1.807, 2.05) is 12.3 Å². The van der Waals surface area contributed by atoms with Gasteiger partial charge in [-0.3, -0.25) is 9.48 Å². The molecule has 1 saturated carbocycles. The Hall–Kier alpha value is -2.08. The van der Waals surface area contributed by atoms with Gasteiger partial charge < -0.3 is 14.4 Å². The van der Waals surface area contributed by atoms with Gasteiger partial charge in [0.05, 0.1) is 13.2 Å². The van der Waals surface area contributed by atoms with E-state index in [2.05, 4.69) is 5.10 Å². The van der Waals surface area contributed by atoms with E-state index in [0.29, 0.717) is 24.6 Å². The van der Waals surface area contributed by atoms with E-state index < -0.39 is 0 Å². The van der Waals surface area contributed by atoms with Gasteiger partial charge in [0, 0.05) is 25.0 Å². The number of amides is 1. The van der Waals surface area contributed by atoms with Crippen LogP contribution in [0, 0.1) is 0 Å². The third-order valence-corrected chi connectivity index (χ3v) is 3.87. The minimum absolute atomic E-state index is 0.0247. The molecule has 1 aliphatic rings. The molecule has 2 aromatic heterocycles. The SMILES string of the molecule is O=C(c1ccc(Cn2cccn2)o1)N(CCO)C1CCC1. The van der Waals surface area contributed by atoms with Crippen LogP contribution in [-0.2, 0) is 6.54 Å². The van der Waals surface area contributed by atoms with E-state index in [-0.39, 0.29) is 18.6 Å². The van der Waals surface area contributed by atoms with E-state index in [9.17, 15) is 4.79 Å². The number of hydrogen-bond donors (Lipinski definition) is 1. The van der Waals surface area contributed by atoms with Crippen LogP contribution in [0.2, 0.25) is 0 Å². The first-order chi connectivity index (χ1) is 10.3. The zero-order valence-corrected chi connectivity index (χ0v) is 11.8. The van der Waals surface area contributed by atoms with Gasteiger partial charge in [0.1, 0.15) is 5.76 Å². The molecule has 0 aliphatic heterocycles. The summed E-state index contributed by atoms with van der Waals surface area (Å²) in [6, 6.07) is 5.58. The molecule has 0 aromatic carbocycles. The zero-order valence-electron chi connectivity index (χ0n) is 11.8. The van der Waals surface area contributed by atoms with Gasteiger partial charge in [0.25, 0.3) is 5.91 Å². The summed E-state index contributed by atoms with van der Waals surface area (Å²) in [6.45, 7) is 0.839. The highest BCUT2D eigenvalue weighted by Gasteiger charge is 2.30. The molecule has 1 N–H and O–H groups in total. The molecule has 2 aromatic rings. The third-order valence-electron chi connectivity index (χ3n) is 3.87. The Morgan fingerprint density at radius 1 is 1.48 bits per heavy atom. The average molecular weight is 289 g/mol. The molecule has 0 bridgehead atoms. The largest absolute Gasteiger partial charge is 0.454 e. The van der Waals surface area contributed by atoms with Gasteiger partial charge in [-0.15, -0.1) is 0 Å². The van der Waals surface area contributed by atoms with Crippen LogP contribution in [0.5, 0.6) is 0 Å². The maximum Gasteiger partial charge on any atom is 0.289 e. The number of furan rings is 1.